The van der Waals surface area contributed by atoms with Gasteiger partial charge in [0.25, 0.3) is 0 Å². The Labute approximate surface area is 122 Å². The maximum absolute atomic E-state index is 6.07. The van der Waals surface area contributed by atoms with Gasteiger partial charge in [-0.25, -0.2) is 0 Å². The van der Waals surface area contributed by atoms with Crippen LogP contribution >= 0.6 is 15.9 Å². The molecule has 0 fully saturated rings. The van der Waals surface area contributed by atoms with Crippen LogP contribution in [0.5, 0.6) is 0 Å². The summed E-state index contributed by atoms with van der Waals surface area (Å²) in [6.07, 6.45) is 0. The highest BCUT2D eigenvalue weighted by molar-refractivity contribution is 9.10. The van der Waals surface area contributed by atoms with Gasteiger partial charge in [0.15, 0.2) is 0 Å². The first-order valence-electron chi connectivity index (χ1n) is 6.44. The van der Waals surface area contributed by atoms with Crippen molar-refractivity contribution in [3.63, 3.8) is 0 Å². The lowest BCUT2D eigenvalue weighted by atomic mass is 10.1. The number of nitrogens with two attached hydrogens (primary N) is 1. The fraction of sp³-hybridized carbons (Fsp3) is 0.250. The van der Waals surface area contributed by atoms with Crippen LogP contribution in [0.3, 0.4) is 0 Å². The average Bonchev–Trinajstić information content (AvgIpc) is 2.72. The number of rotatable bonds is 1. The molecule has 0 atom stereocenters. The lowest BCUT2D eigenvalue weighted by Gasteiger charge is -2.22. The molecular weight excluding hydrogens is 300 g/mol. The second-order valence-electron chi connectivity index (χ2n) is 5.25. The van der Waals surface area contributed by atoms with Crippen LogP contribution in [-0.2, 0) is 13.1 Å². The molecule has 98 valence electrons. The maximum Gasteiger partial charge on any atom is 0.0546 e. The van der Waals surface area contributed by atoms with Crippen molar-refractivity contribution >= 4 is 27.3 Å². The molecule has 1 aliphatic heterocycles. The van der Waals surface area contributed by atoms with E-state index in [1.54, 1.807) is 0 Å². The molecular formula is C16H17BrN2. The zero-order chi connectivity index (χ0) is 13.6. The summed E-state index contributed by atoms with van der Waals surface area (Å²) in [7, 11) is 0. The molecule has 2 aromatic rings. The summed E-state index contributed by atoms with van der Waals surface area (Å²) in [5.41, 5.74) is 13.5. The summed E-state index contributed by atoms with van der Waals surface area (Å²) in [6, 6.07) is 10.6. The Morgan fingerprint density at radius 2 is 1.95 bits per heavy atom. The third-order valence-corrected chi connectivity index (χ3v) is 4.34. The molecule has 0 bridgehead atoms. The molecule has 0 spiro atoms. The molecule has 0 aliphatic carbocycles. The number of halogens is 1. The predicted molar refractivity (Wildman–Crippen MR) is 84.4 cm³/mol. The Balaban J connectivity index is 2.02. The van der Waals surface area contributed by atoms with E-state index in [4.69, 9.17) is 5.73 Å². The Kier molecular flexibility index (Phi) is 3.02. The van der Waals surface area contributed by atoms with E-state index in [2.05, 4.69) is 52.9 Å². The van der Waals surface area contributed by atoms with Crippen LogP contribution in [-0.4, -0.2) is 0 Å². The van der Waals surface area contributed by atoms with Gasteiger partial charge < -0.3 is 10.6 Å². The minimum atomic E-state index is 0.893. The first-order valence-corrected chi connectivity index (χ1v) is 7.23. The van der Waals surface area contributed by atoms with Crippen LogP contribution in [0, 0.1) is 13.8 Å². The van der Waals surface area contributed by atoms with Gasteiger partial charge in [0, 0.05) is 23.2 Å². The van der Waals surface area contributed by atoms with Gasteiger partial charge in [0.2, 0.25) is 0 Å². The van der Waals surface area contributed by atoms with Crippen LogP contribution in [0.2, 0.25) is 0 Å². The fourth-order valence-electron chi connectivity index (χ4n) is 2.91. The van der Waals surface area contributed by atoms with Gasteiger partial charge in [0.05, 0.1) is 5.69 Å². The van der Waals surface area contributed by atoms with E-state index in [0.29, 0.717) is 0 Å². The molecule has 1 aliphatic rings. The maximum atomic E-state index is 6.07. The molecule has 2 nitrogen and oxygen atoms in total. The van der Waals surface area contributed by atoms with Crippen molar-refractivity contribution in [2.75, 3.05) is 10.6 Å². The first kappa shape index (κ1) is 12.5. The van der Waals surface area contributed by atoms with E-state index in [0.717, 1.165) is 23.2 Å². The van der Waals surface area contributed by atoms with E-state index in [1.165, 1.54) is 27.9 Å². The van der Waals surface area contributed by atoms with Gasteiger partial charge in [-0.1, -0.05) is 18.2 Å². The second-order valence-corrected chi connectivity index (χ2v) is 6.11. The molecule has 3 heteroatoms. The Hall–Kier alpha value is -1.48. The van der Waals surface area contributed by atoms with Crippen molar-refractivity contribution in [1.82, 2.24) is 0 Å². The van der Waals surface area contributed by atoms with Crippen molar-refractivity contribution in [3.8, 4) is 0 Å². The van der Waals surface area contributed by atoms with Gasteiger partial charge >= 0.3 is 0 Å². The van der Waals surface area contributed by atoms with Gasteiger partial charge in [0.1, 0.15) is 0 Å². The highest BCUT2D eigenvalue weighted by Gasteiger charge is 2.23. The summed E-state index contributed by atoms with van der Waals surface area (Å²) in [5.74, 6) is 0. The zero-order valence-corrected chi connectivity index (χ0v) is 12.8. The van der Waals surface area contributed by atoms with Crippen LogP contribution in [0.15, 0.2) is 34.8 Å². The molecule has 0 amide bonds. The quantitative estimate of drug-likeness (QED) is 0.800. The summed E-state index contributed by atoms with van der Waals surface area (Å²) < 4.78 is 1.16. The van der Waals surface area contributed by atoms with Crippen LogP contribution in [0.25, 0.3) is 0 Å². The number of hydrogen-bond donors (Lipinski definition) is 1. The van der Waals surface area contributed by atoms with E-state index in [1.807, 2.05) is 12.1 Å². The standard InChI is InChI=1S/C16H17BrN2/c1-10-6-11(2)16(14(17)7-10)19-8-12-4-3-5-15(18)13(12)9-19/h3-7H,8-9,18H2,1-2H3. The SMILES string of the molecule is Cc1cc(C)c(N2Cc3cccc(N)c3C2)c(Br)c1. The Morgan fingerprint density at radius 3 is 2.63 bits per heavy atom. The van der Waals surface area contributed by atoms with Crippen molar-refractivity contribution < 1.29 is 0 Å². The van der Waals surface area contributed by atoms with Gasteiger partial charge in [-0.15, -0.1) is 0 Å². The minimum absolute atomic E-state index is 0.893. The molecule has 19 heavy (non-hydrogen) atoms. The predicted octanol–water partition coefficient (Wildman–Crippen LogP) is 4.17. The fourth-order valence-corrected chi connectivity index (χ4v) is 3.84. The first-order chi connectivity index (χ1) is 9.06. The monoisotopic (exact) mass is 316 g/mol. The van der Waals surface area contributed by atoms with E-state index < -0.39 is 0 Å². The zero-order valence-electron chi connectivity index (χ0n) is 11.2. The molecule has 0 unspecified atom stereocenters. The molecule has 3 rings (SSSR count). The molecule has 0 saturated carbocycles. The third-order valence-electron chi connectivity index (χ3n) is 3.73. The number of fused-ring (bicyclic) bond motifs is 1. The van der Waals surface area contributed by atoms with E-state index in [-0.39, 0.29) is 0 Å². The number of nitrogen functional groups attached to an aromatic ring is 1. The summed E-state index contributed by atoms with van der Waals surface area (Å²) >= 11 is 3.70. The van der Waals surface area contributed by atoms with Gasteiger partial charge in [-0.3, -0.25) is 0 Å². The molecule has 0 radical (unpaired) electrons. The Morgan fingerprint density at radius 1 is 1.16 bits per heavy atom. The van der Waals surface area contributed by atoms with Crippen LogP contribution < -0.4 is 10.6 Å². The largest absolute Gasteiger partial charge is 0.398 e. The number of nitrogens with zero attached hydrogens (tertiary/aromatic N) is 1. The molecule has 0 aromatic heterocycles. The molecule has 0 saturated heterocycles. The number of anilines is 2. The van der Waals surface area contributed by atoms with E-state index >= 15 is 0 Å². The lowest BCUT2D eigenvalue weighted by Crippen LogP contribution is -2.16. The molecule has 2 N–H and O–H groups in total. The average molecular weight is 317 g/mol. The van der Waals surface area contributed by atoms with E-state index in [9.17, 15) is 0 Å². The van der Waals surface area contributed by atoms with Gasteiger partial charge in [-0.05, 0) is 64.2 Å². The third kappa shape index (κ3) is 2.12. The highest BCUT2D eigenvalue weighted by Crippen LogP contribution is 2.38. The number of aryl methyl sites for hydroxylation is 2. The summed E-state index contributed by atoms with van der Waals surface area (Å²) in [6.45, 7) is 6.12. The Bertz CT molecular complexity index is 626. The van der Waals surface area contributed by atoms with Gasteiger partial charge in [-0.2, -0.15) is 0 Å². The smallest absolute Gasteiger partial charge is 0.0546 e. The number of benzene rings is 2. The summed E-state index contributed by atoms with van der Waals surface area (Å²) in [5, 5.41) is 0. The van der Waals surface area contributed by atoms with Crippen molar-refractivity contribution in [2.24, 2.45) is 0 Å². The normalized spacial score (nSPS) is 13.7. The minimum Gasteiger partial charge on any atom is -0.398 e. The molecule has 1 heterocycles. The number of hydrogen-bond acceptors (Lipinski definition) is 2. The molecule has 2 aromatic carbocycles. The van der Waals surface area contributed by atoms with Crippen LogP contribution in [0.1, 0.15) is 22.3 Å². The van der Waals surface area contributed by atoms with Crippen LogP contribution in [0.4, 0.5) is 11.4 Å². The second kappa shape index (κ2) is 4.57. The lowest BCUT2D eigenvalue weighted by molar-refractivity contribution is 0.872. The van der Waals surface area contributed by atoms with Crippen molar-refractivity contribution in [1.29, 1.82) is 0 Å². The topological polar surface area (TPSA) is 29.3 Å². The summed E-state index contributed by atoms with van der Waals surface area (Å²) in [4.78, 5) is 2.39. The highest BCUT2D eigenvalue weighted by atomic mass is 79.9. The van der Waals surface area contributed by atoms with Crippen molar-refractivity contribution in [3.05, 3.63) is 57.1 Å². The van der Waals surface area contributed by atoms with Crippen molar-refractivity contribution in [2.45, 2.75) is 26.9 Å².